The van der Waals surface area contributed by atoms with Gasteiger partial charge in [-0.15, -0.1) is 0 Å². The molecule has 0 radical (unpaired) electrons. The number of β-amino-alcohol motifs (C(OH)–C–C–N with tert-alkyl or cyclic N) is 1. The molecule has 0 saturated carbocycles. The highest BCUT2D eigenvalue weighted by Gasteiger charge is 2.40. The van der Waals surface area contributed by atoms with Gasteiger partial charge in [-0.2, -0.15) is 5.10 Å². The first-order valence-corrected chi connectivity index (χ1v) is 5.47. The molecule has 2 rings (SSSR count). The van der Waals surface area contributed by atoms with E-state index in [-0.39, 0.29) is 5.91 Å². The van der Waals surface area contributed by atoms with Crippen LogP contribution in [-0.4, -0.2) is 44.4 Å². The molecule has 5 nitrogen and oxygen atoms in total. The summed E-state index contributed by atoms with van der Waals surface area (Å²) in [6.45, 7) is 4.53. The fourth-order valence-corrected chi connectivity index (χ4v) is 2.06. The van der Waals surface area contributed by atoms with Gasteiger partial charge >= 0.3 is 0 Å². The molecule has 88 valence electrons. The Kier molecular flexibility index (Phi) is 2.50. The average molecular weight is 223 g/mol. The SMILES string of the molecule is CCc1nn(C)cc1C(=O)N1CC(C)(O)C1. The quantitative estimate of drug-likeness (QED) is 0.778. The molecule has 5 heteroatoms. The molecule has 1 saturated heterocycles. The third-order valence-electron chi connectivity index (χ3n) is 2.82. The fraction of sp³-hybridized carbons (Fsp3) is 0.636. The van der Waals surface area contributed by atoms with Crippen molar-refractivity contribution in [1.82, 2.24) is 14.7 Å². The van der Waals surface area contributed by atoms with Gasteiger partial charge in [0.2, 0.25) is 0 Å². The lowest BCUT2D eigenvalue weighted by Crippen LogP contribution is -2.61. The molecule has 1 aromatic rings. The largest absolute Gasteiger partial charge is 0.386 e. The van der Waals surface area contributed by atoms with Gasteiger partial charge in [0, 0.05) is 13.2 Å². The minimum absolute atomic E-state index is 0.0310. The lowest BCUT2D eigenvalue weighted by atomic mass is 9.96. The number of carbonyl (C=O) groups excluding carboxylic acids is 1. The van der Waals surface area contributed by atoms with Gasteiger partial charge in [0.05, 0.1) is 29.9 Å². The molecule has 16 heavy (non-hydrogen) atoms. The van der Waals surface area contributed by atoms with Crippen molar-refractivity contribution >= 4 is 5.91 Å². The van der Waals surface area contributed by atoms with E-state index in [0.717, 1.165) is 12.1 Å². The zero-order valence-corrected chi connectivity index (χ0v) is 9.90. The smallest absolute Gasteiger partial charge is 0.257 e. The summed E-state index contributed by atoms with van der Waals surface area (Å²) >= 11 is 0. The highest BCUT2D eigenvalue weighted by atomic mass is 16.3. The van der Waals surface area contributed by atoms with Crippen molar-refractivity contribution in [3.63, 3.8) is 0 Å². The molecule has 1 fully saturated rings. The van der Waals surface area contributed by atoms with Gasteiger partial charge in [-0.05, 0) is 13.3 Å². The maximum atomic E-state index is 12.1. The van der Waals surface area contributed by atoms with Crippen LogP contribution in [0.2, 0.25) is 0 Å². The maximum Gasteiger partial charge on any atom is 0.257 e. The Morgan fingerprint density at radius 2 is 2.25 bits per heavy atom. The van der Waals surface area contributed by atoms with Crippen molar-refractivity contribution in [2.45, 2.75) is 25.9 Å². The van der Waals surface area contributed by atoms with E-state index in [1.807, 2.05) is 14.0 Å². The Hall–Kier alpha value is -1.36. The summed E-state index contributed by atoms with van der Waals surface area (Å²) in [6.07, 6.45) is 2.49. The molecule has 0 atom stereocenters. The second kappa shape index (κ2) is 3.59. The normalized spacial score (nSPS) is 18.4. The van der Waals surface area contributed by atoms with Crippen LogP contribution < -0.4 is 0 Å². The standard InChI is InChI=1S/C11H17N3O2/c1-4-9-8(5-13(3)12-9)10(15)14-6-11(2,16)7-14/h5,16H,4,6-7H2,1-3H3. The third kappa shape index (κ3) is 1.82. The van der Waals surface area contributed by atoms with E-state index in [0.29, 0.717) is 18.7 Å². The number of rotatable bonds is 2. The lowest BCUT2D eigenvalue weighted by Gasteiger charge is -2.44. The van der Waals surface area contributed by atoms with Crippen LogP contribution in [0.1, 0.15) is 29.9 Å². The van der Waals surface area contributed by atoms with Crippen LogP contribution in [0.3, 0.4) is 0 Å². The maximum absolute atomic E-state index is 12.1. The summed E-state index contributed by atoms with van der Waals surface area (Å²) in [4.78, 5) is 13.7. The van der Waals surface area contributed by atoms with Crippen LogP contribution in [0.25, 0.3) is 0 Å². The van der Waals surface area contributed by atoms with E-state index in [4.69, 9.17) is 0 Å². The molecule has 2 heterocycles. The first-order chi connectivity index (χ1) is 7.43. The number of hydrogen-bond donors (Lipinski definition) is 1. The van der Waals surface area contributed by atoms with Crippen molar-refractivity contribution in [2.75, 3.05) is 13.1 Å². The summed E-state index contributed by atoms with van der Waals surface area (Å²) in [7, 11) is 1.81. The first-order valence-electron chi connectivity index (χ1n) is 5.47. The Labute approximate surface area is 94.7 Å². The third-order valence-corrected chi connectivity index (χ3v) is 2.82. The van der Waals surface area contributed by atoms with Crippen LogP contribution in [-0.2, 0) is 13.5 Å². The molecular formula is C11H17N3O2. The minimum Gasteiger partial charge on any atom is -0.386 e. The van der Waals surface area contributed by atoms with Crippen molar-refractivity contribution < 1.29 is 9.90 Å². The molecule has 0 bridgehead atoms. The zero-order valence-electron chi connectivity index (χ0n) is 9.90. The number of aliphatic hydroxyl groups is 1. The Balaban J connectivity index is 2.15. The fourth-order valence-electron chi connectivity index (χ4n) is 2.06. The number of nitrogens with zero attached hydrogens (tertiary/aromatic N) is 3. The number of carbonyl (C=O) groups is 1. The molecule has 1 amide bonds. The van der Waals surface area contributed by atoms with Crippen molar-refractivity contribution in [1.29, 1.82) is 0 Å². The number of amides is 1. The van der Waals surface area contributed by atoms with Crippen molar-refractivity contribution in [3.05, 3.63) is 17.5 Å². The summed E-state index contributed by atoms with van der Waals surface area (Å²) in [6, 6.07) is 0. The number of hydrogen-bond acceptors (Lipinski definition) is 3. The molecule has 1 aromatic heterocycles. The number of aryl methyl sites for hydroxylation is 2. The molecule has 0 spiro atoms. The van der Waals surface area contributed by atoms with E-state index in [2.05, 4.69) is 5.10 Å². The molecule has 1 aliphatic heterocycles. The first kappa shape index (κ1) is 11.1. The Bertz CT molecular complexity index is 415. The van der Waals surface area contributed by atoms with Gasteiger partial charge in [0.15, 0.2) is 0 Å². The van der Waals surface area contributed by atoms with Gasteiger partial charge in [-0.3, -0.25) is 9.48 Å². The molecule has 0 aromatic carbocycles. The highest BCUT2D eigenvalue weighted by Crippen LogP contribution is 2.23. The second-order valence-corrected chi connectivity index (χ2v) is 4.67. The average Bonchev–Trinajstić information content (AvgIpc) is 2.54. The number of aromatic nitrogens is 2. The predicted octanol–water partition coefficient (Wildman–Crippen LogP) is 0.189. The highest BCUT2D eigenvalue weighted by molar-refractivity contribution is 5.95. The van der Waals surface area contributed by atoms with Crippen molar-refractivity contribution in [2.24, 2.45) is 7.05 Å². The topological polar surface area (TPSA) is 58.4 Å². The molecule has 1 N–H and O–H groups in total. The molecule has 0 unspecified atom stereocenters. The van der Waals surface area contributed by atoms with E-state index < -0.39 is 5.60 Å². The van der Waals surface area contributed by atoms with Gasteiger partial charge in [0.25, 0.3) is 5.91 Å². The van der Waals surface area contributed by atoms with Gasteiger partial charge in [-0.1, -0.05) is 6.92 Å². The molecule has 0 aliphatic carbocycles. The van der Waals surface area contributed by atoms with Crippen molar-refractivity contribution in [3.8, 4) is 0 Å². The lowest BCUT2D eigenvalue weighted by molar-refractivity contribution is -0.0669. The summed E-state index contributed by atoms with van der Waals surface area (Å²) in [5.41, 5.74) is 0.754. The van der Waals surface area contributed by atoms with E-state index in [1.54, 1.807) is 22.7 Å². The van der Waals surface area contributed by atoms with Gasteiger partial charge < -0.3 is 10.0 Å². The Morgan fingerprint density at radius 1 is 1.62 bits per heavy atom. The van der Waals surface area contributed by atoms with Crippen LogP contribution in [0.4, 0.5) is 0 Å². The number of likely N-dealkylation sites (tertiary alicyclic amines) is 1. The van der Waals surface area contributed by atoms with Crippen LogP contribution >= 0.6 is 0 Å². The molecular weight excluding hydrogens is 206 g/mol. The van der Waals surface area contributed by atoms with E-state index in [1.165, 1.54) is 0 Å². The Morgan fingerprint density at radius 3 is 2.75 bits per heavy atom. The minimum atomic E-state index is -0.718. The van der Waals surface area contributed by atoms with Crippen LogP contribution in [0, 0.1) is 0 Å². The monoisotopic (exact) mass is 223 g/mol. The second-order valence-electron chi connectivity index (χ2n) is 4.67. The van der Waals surface area contributed by atoms with Crippen LogP contribution in [0.5, 0.6) is 0 Å². The van der Waals surface area contributed by atoms with Crippen LogP contribution in [0.15, 0.2) is 6.20 Å². The summed E-state index contributed by atoms with van der Waals surface area (Å²) in [5, 5.41) is 13.8. The molecule has 1 aliphatic rings. The zero-order chi connectivity index (χ0) is 11.9. The summed E-state index contributed by atoms with van der Waals surface area (Å²) in [5.74, 6) is -0.0310. The van der Waals surface area contributed by atoms with Gasteiger partial charge in [0.1, 0.15) is 0 Å². The van der Waals surface area contributed by atoms with Gasteiger partial charge in [-0.25, -0.2) is 0 Å². The van der Waals surface area contributed by atoms with E-state index >= 15 is 0 Å². The van der Waals surface area contributed by atoms with E-state index in [9.17, 15) is 9.90 Å². The predicted molar refractivity (Wildman–Crippen MR) is 59.1 cm³/mol. The summed E-state index contributed by atoms with van der Waals surface area (Å²) < 4.78 is 1.66.